The molecule has 154 valence electrons. The Hall–Kier alpha value is -2.67. The van der Waals surface area contributed by atoms with Crippen LogP contribution in [0.4, 0.5) is 0 Å². The molecule has 1 saturated heterocycles. The van der Waals surface area contributed by atoms with Crippen LogP contribution >= 0.6 is 0 Å². The van der Waals surface area contributed by atoms with Crippen molar-refractivity contribution in [3.8, 4) is 11.5 Å². The number of carbonyl (C=O) groups excluding carboxylic acids is 1. The van der Waals surface area contributed by atoms with E-state index in [1.54, 1.807) is 6.92 Å². The highest BCUT2D eigenvalue weighted by atomic mass is 16.5. The van der Waals surface area contributed by atoms with Crippen molar-refractivity contribution in [2.24, 2.45) is 0 Å². The van der Waals surface area contributed by atoms with Crippen molar-refractivity contribution >= 4 is 5.91 Å². The van der Waals surface area contributed by atoms with Gasteiger partial charge in [-0.3, -0.25) is 4.79 Å². The van der Waals surface area contributed by atoms with Gasteiger partial charge in [-0.2, -0.15) is 0 Å². The SMILES string of the molecule is CCOc1ccc(O[C@@H](C)C(=O)N2CCc3nc([C@@H]4CCCN4)ncc3C2)cc1. The van der Waals surface area contributed by atoms with E-state index in [0.29, 0.717) is 25.4 Å². The molecule has 0 spiro atoms. The van der Waals surface area contributed by atoms with Gasteiger partial charge in [0.05, 0.1) is 18.3 Å². The molecule has 0 bridgehead atoms. The molecule has 0 aliphatic carbocycles. The number of benzene rings is 1. The van der Waals surface area contributed by atoms with Crippen molar-refractivity contribution in [3.05, 3.63) is 47.5 Å². The van der Waals surface area contributed by atoms with E-state index in [4.69, 9.17) is 14.5 Å². The first-order valence-corrected chi connectivity index (χ1v) is 10.4. The fourth-order valence-electron chi connectivity index (χ4n) is 3.89. The van der Waals surface area contributed by atoms with E-state index < -0.39 is 6.10 Å². The van der Waals surface area contributed by atoms with Crippen molar-refractivity contribution in [1.82, 2.24) is 20.2 Å². The number of aromatic nitrogens is 2. The Morgan fingerprint density at radius 2 is 2.10 bits per heavy atom. The van der Waals surface area contributed by atoms with Crippen molar-refractivity contribution in [1.29, 1.82) is 0 Å². The van der Waals surface area contributed by atoms with E-state index in [2.05, 4.69) is 10.3 Å². The molecule has 0 unspecified atom stereocenters. The first-order valence-electron chi connectivity index (χ1n) is 10.4. The molecular formula is C22H28N4O3. The minimum absolute atomic E-state index is 0.0222. The molecule has 2 aliphatic rings. The van der Waals surface area contributed by atoms with E-state index in [9.17, 15) is 4.79 Å². The molecule has 1 aromatic heterocycles. The van der Waals surface area contributed by atoms with E-state index in [1.807, 2.05) is 42.3 Å². The van der Waals surface area contributed by atoms with Crippen molar-refractivity contribution in [2.45, 2.75) is 51.8 Å². The van der Waals surface area contributed by atoms with E-state index in [0.717, 1.165) is 42.2 Å². The van der Waals surface area contributed by atoms with E-state index in [-0.39, 0.29) is 11.9 Å². The third kappa shape index (κ3) is 4.50. The van der Waals surface area contributed by atoms with Gasteiger partial charge in [-0.05, 0) is 57.5 Å². The second kappa shape index (κ2) is 8.78. The summed E-state index contributed by atoms with van der Waals surface area (Å²) in [6.07, 6.45) is 4.33. The average molecular weight is 396 g/mol. The zero-order valence-electron chi connectivity index (χ0n) is 17.1. The van der Waals surface area contributed by atoms with E-state index in [1.165, 1.54) is 6.42 Å². The second-order valence-electron chi connectivity index (χ2n) is 7.52. The summed E-state index contributed by atoms with van der Waals surface area (Å²) in [5.74, 6) is 2.31. The Bertz CT molecular complexity index is 850. The molecule has 1 fully saturated rings. The lowest BCUT2D eigenvalue weighted by Gasteiger charge is -2.30. The molecule has 4 rings (SSSR count). The van der Waals surface area contributed by atoms with Crippen LogP contribution in [0.3, 0.4) is 0 Å². The van der Waals surface area contributed by atoms with Crippen LogP contribution in [0.2, 0.25) is 0 Å². The van der Waals surface area contributed by atoms with Gasteiger partial charge in [0.1, 0.15) is 17.3 Å². The summed E-state index contributed by atoms with van der Waals surface area (Å²) >= 11 is 0. The van der Waals surface area contributed by atoms with Gasteiger partial charge in [0.25, 0.3) is 5.91 Å². The van der Waals surface area contributed by atoms with Crippen molar-refractivity contribution in [3.63, 3.8) is 0 Å². The van der Waals surface area contributed by atoms with Crippen LogP contribution in [0, 0.1) is 0 Å². The van der Waals surface area contributed by atoms with Gasteiger partial charge >= 0.3 is 0 Å². The van der Waals surface area contributed by atoms with Gasteiger partial charge in [0.2, 0.25) is 0 Å². The largest absolute Gasteiger partial charge is 0.494 e. The minimum atomic E-state index is -0.558. The quantitative estimate of drug-likeness (QED) is 0.809. The lowest BCUT2D eigenvalue weighted by molar-refractivity contribution is -0.138. The molecule has 7 heteroatoms. The van der Waals surface area contributed by atoms with Crippen molar-refractivity contribution < 1.29 is 14.3 Å². The fourth-order valence-corrected chi connectivity index (χ4v) is 3.89. The molecule has 1 amide bonds. The Kier molecular flexibility index (Phi) is 5.94. The molecule has 3 heterocycles. The Morgan fingerprint density at radius 1 is 1.31 bits per heavy atom. The van der Waals surface area contributed by atoms with E-state index >= 15 is 0 Å². The number of nitrogens with one attached hydrogen (secondary N) is 1. The molecule has 7 nitrogen and oxygen atoms in total. The monoisotopic (exact) mass is 396 g/mol. The normalized spacial score (nSPS) is 19.5. The summed E-state index contributed by atoms with van der Waals surface area (Å²) in [6, 6.07) is 7.62. The summed E-state index contributed by atoms with van der Waals surface area (Å²) in [7, 11) is 0. The van der Waals surface area contributed by atoms with Crippen LogP contribution in [0.1, 0.15) is 49.8 Å². The highest BCUT2D eigenvalue weighted by Gasteiger charge is 2.28. The van der Waals surface area contributed by atoms with Crippen LogP contribution in [-0.4, -0.2) is 46.6 Å². The van der Waals surface area contributed by atoms with Gasteiger partial charge in [-0.25, -0.2) is 9.97 Å². The molecule has 2 aliphatic heterocycles. The topological polar surface area (TPSA) is 76.6 Å². The van der Waals surface area contributed by atoms with Crippen LogP contribution in [-0.2, 0) is 17.8 Å². The number of ether oxygens (including phenoxy) is 2. The highest BCUT2D eigenvalue weighted by molar-refractivity contribution is 5.81. The number of hydrogen-bond donors (Lipinski definition) is 1. The predicted octanol–water partition coefficient (Wildman–Crippen LogP) is 2.65. The number of nitrogens with zero attached hydrogens (tertiary/aromatic N) is 3. The van der Waals surface area contributed by atoms with Gasteiger partial charge < -0.3 is 19.7 Å². The third-order valence-electron chi connectivity index (χ3n) is 5.43. The molecule has 2 aromatic rings. The van der Waals surface area contributed by atoms with Gasteiger partial charge in [-0.15, -0.1) is 0 Å². The maximum absolute atomic E-state index is 12.9. The summed E-state index contributed by atoms with van der Waals surface area (Å²) in [5, 5.41) is 3.44. The van der Waals surface area contributed by atoms with Crippen LogP contribution < -0.4 is 14.8 Å². The Balaban J connectivity index is 1.37. The van der Waals surface area contributed by atoms with Gasteiger partial charge in [0.15, 0.2) is 6.10 Å². The molecule has 1 aromatic carbocycles. The van der Waals surface area contributed by atoms with Gasteiger partial charge in [0, 0.05) is 31.3 Å². The van der Waals surface area contributed by atoms with Crippen LogP contribution in [0.25, 0.3) is 0 Å². The first-order chi connectivity index (χ1) is 14.1. The zero-order chi connectivity index (χ0) is 20.2. The number of carbonyl (C=O) groups is 1. The number of amides is 1. The fraction of sp³-hybridized carbons (Fsp3) is 0.500. The molecule has 1 N–H and O–H groups in total. The molecule has 2 atom stereocenters. The highest BCUT2D eigenvalue weighted by Crippen LogP contribution is 2.24. The molecular weight excluding hydrogens is 368 g/mol. The summed E-state index contributed by atoms with van der Waals surface area (Å²) < 4.78 is 11.3. The first kappa shape index (κ1) is 19.6. The maximum atomic E-state index is 12.9. The standard InChI is InChI=1S/C22H28N4O3/c1-3-28-17-6-8-18(9-7-17)29-15(2)22(27)26-12-10-19-16(14-26)13-24-21(25-19)20-5-4-11-23-20/h6-9,13,15,20,23H,3-5,10-12,14H2,1-2H3/t15-,20-/m0/s1. The number of rotatable bonds is 6. The van der Waals surface area contributed by atoms with Crippen molar-refractivity contribution in [2.75, 3.05) is 19.7 Å². The van der Waals surface area contributed by atoms with Gasteiger partial charge in [-0.1, -0.05) is 0 Å². The zero-order valence-corrected chi connectivity index (χ0v) is 17.1. The molecule has 0 saturated carbocycles. The Morgan fingerprint density at radius 3 is 2.83 bits per heavy atom. The lowest BCUT2D eigenvalue weighted by Crippen LogP contribution is -2.43. The maximum Gasteiger partial charge on any atom is 0.263 e. The number of fused-ring (bicyclic) bond motifs is 1. The lowest BCUT2D eigenvalue weighted by atomic mass is 10.1. The second-order valence-corrected chi connectivity index (χ2v) is 7.52. The van der Waals surface area contributed by atoms with Crippen LogP contribution in [0.15, 0.2) is 30.5 Å². The summed E-state index contributed by atoms with van der Waals surface area (Å²) in [6.45, 7) is 6.56. The molecule has 29 heavy (non-hydrogen) atoms. The van der Waals surface area contributed by atoms with Crippen LogP contribution in [0.5, 0.6) is 11.5 Å². The third-order valence-corrected chi connectivity index (χ3v) is 5.43. The smallest absolute Gasteiger partial charge is 0.263 e. The predicted molar refractivity (Wildman–Crippen MR) is 109 cm³/mol. The number of hydrogen-bond acceptors (Lipinski definition) is 6. The Labute approximate surface area is 171 Å². The molecule has 0 radical (unpaired) electrons. The minimum Gasteiger partial charge on any atom is -0.494 e. The summed E-state index contributed by atoms with van der Waals surface area (Å²) in [5.41, 5.74) is 2.09. The average Bonchev–Trinajstić information content (AvgIpc) is 3.29. The summed E-state index contributed by atoms with van der Waals surface area (Å²) in [4.78, 5) is 24.0.